The fourth-order valence-electron chi connectivity index (χ4n) is 3.89. The van der Waals surface area contributed by atoms with E-state index in [1.165, 1.54) is 19.8 Å². The molecule has 7 heteroatoms. The predicted molar refractivity (Wildman–Crippen MR) is 123 cm³/mol. The second-order valence-electron chi connectivity index (χ2n) is 8.30. The van der Waals surface area contributed by atoms with Crippen molar-refractivity contribution in [1.82, 2.24) is 16.0 Å². The summed E-state index contributed by atoms with van der Waals surface area (Å²) in [5.41, 5.74) is 5.45. The molecule has 3 unspecified atom stereocenters. The van der Waals surface area contributed by atoms with Crippen LogP contribution < -0.4 is 21.7 Å². The van der Waals surface area contributed by atoms with Crippen LogP contribution in [0.1, 0.15) is 85.5 Å². The molecule has 0 heterocycles. The molecule has 0 aromatic carbocycles. The van der Waals surface area contributed by atoms with E-state index in [-0.39, 0.29) is 29.6 Å². The molecule has 7 nitrogen and oxygen atoms in total. The maximum Gasteiger partial charge on any atom is 0.223 e. The lowest BCUT2D eigenvalue weighted by Gasteiger charge is -2.20. The Morgan fingerprint density at radius 3 is 1.97 bits per heavy atom. The van der Waals surface area contributed by atoms with Crippen molar-refractivity contribution in [3.63, 3.8) is 0 Å². The van der Waals surface area contributed by atoms with Crippen molar-refractivity contribution in [3.05, 3.63) is 0 Å². The highest BCUT2D eigenvalue weighted by atomic mass is 16.2. The monoisotopic (exact) mass is 426 g/mol. The van der Waals surface area contributed by atoms with E-state index < -0.39 is 0 Å². The van der Waals surface area contributed by atoms with Gasteiger partial charge in [0.25, 0.3) is 0 Å². The molecule has 3 amide bonds. The van der Waals surface area contributed by atoms with Crippen molar-refractivity contribution in [3.8, 4) is 0 Å². The second kappa shape index (κ2) is 18.2. The molecule has 0 spiro atoms. The third kappa shape index (κ3) is 14.4. The van der Waals surface area contributed by atoms with Gasteiger partial charge in [0.2, 0.25) is 17.7 Å². The van der Waals surface area contributed by atoms with Crippen LogP contribution >= 0.6 is 0 Å². The molecule has 0 rings (SSSR count). The highest BCUT2D eigenvalue weighted by Crippen LogP contribution is 2.22. The standard InChI is InChI=1S/C23H46N4O3/c1-5-10-19(17-25-7-3)11-8-13-21(14-9-12-20(6-2)22(24)29)23(30)27-16-15-26-18(4)28/h19-21,25H,5-17H2,1-4H3,(H2,24,29)(H,26,28)(H,27,30). The molecule has 0 bridgehead atoms. The molecule has 0 radical (unpaired) electrons. The molecule has 0 aromatic rings. The number of carbonyl (C=O) groups excluding carboxylic acids is 3. The van der Waals surface area contributed by atoms with E-state index >= 15 is 0 Å². The van der Waals surface area contributed by atoms with Gasteiger partial charge in [-0.25, -0.2) is 0 Å². The van der Waals surface area contributed by atoms with Crippen molar-refractivity contribution >= 4 is 17.7 Å². The Bertz CT molecular complexity index is 485. The first kappa shape index (κ1) is 28.4. The zero-order valence-corrected chi connectivity index (χ0v) is 19.7. The lowest BCUT2D eigenvalue weighted by atomic mass is 9.89. The predicted octanol–water partition coefficient (Wildman–Crippen LogP) is 2.73. The minimum absolute atomic E-state index is 0.0474. The molecule has 0 saturated heterocycles. The summed E-state index contributed by atoms with van der Waals surface area (Å²) in [5, 5.41) is 9.09. The molecule has 0 aliphatic heterocycles. The number of amides is 3. The van der Waals surface area contributed by atoms with E-state index in [0.717, 1.165) is 58.0 Å². The third-order valence-corrected chi connectivity index (χ3v) is 5.71. The topological polar surface area (TPSA) is 113 Å². The number of rotatable bonds is 19. The van der Waals surface area contributed by atoms with Gasteiger partial charge in [-0.2, -0.15) is 0 Å². The summed E-state index contributed by atoms with van der Waals surface area (Å²) in [4.78, 5) is 35.2. The molecular weight excluding hydrogens is 380 g/mol. The Hall–Kier alpha value is -1.63. The van der Waals surface area contributed by atoms with E-state index in [1.54, 1.807) is 0 Å². The minimum atomic E-state index is -0.250. The summed E-state index contributed by atoms with van der Waals surface area (Å²) in [5.74, 6) is 0.181. The largest absolute Gasteiger partial charge is 0.369 e. The molecule has 0 aliphatic rings. The van der Waals surface area contributed by atoms with Crippen LogP contribution in [0.25, 0.3) is 0 Å². The summed E-state index contributed by atoms with van der Waals surface area (Å²) in [6, 6.07) is 0. The number of hydrogen-bond donors (Lipinski definition) is 4. The highest BCUT2D eigenvalue weighted by molar-refractivity contribution is 5.79. The van der Waals surface area contributed by atoms with Crippen LogP contribution in [0, 0.1) is 17.8 Å². The molecule has 30 heavy (non-hydrogen) atoms. The molecule has 0 saturated carbocycles. The Balaban J connectivity index is 4.64. The summed E-state index contributed by atoms with van der Waals surface area (Å²) in [6.07, 6.45) is 8.44. The second-order valence-corrected chi connectivity index (χ2v) is 8.30. The maximum atomic E-state index is 12.7. The molecule has 3 atom stereocenters. The average molecular weight is 427 g/mol. The number of nitrogens with two attached hydrogens (primary N) is 1. The molecular formula is C23H46N4O3. The van der Waals surface area contributed by atoms with Crippen LogP contribution in [-0.2, 0) is 14.4 Å². The minimum Gasteiger partial charge on any atom is -0.369 e. The number of hydrogen-bond acceptors (Lipinski definition) is 4. The Morgan fingerprint density at radius 2 is 1.43 bits per heavy atom. The van der Waals surface area contributed by atoms with Gasteiger partial charge >= 0.3 is 0 Å². The van der Waals surface area contributed by atoms with Crippen molar-refractivity contribution in [2.45, 2.75) is 85.5 Å². The lowest BCUT2D eigenvalue weighted by Crippen LogP contribution is -2.37. The van der Waals surface area contributed by atoms with Gasteiger partial charge < -0.3 is 21.7 Å². The number of carbonyl (C=O) groups is 3. The smallest absolute Gasteiger partial charge is 0.223 e. The van der Waals surface area contributed by atoms with Gasteiger partial charge in [-0.3, -0.25) is 14.4 Å². The zero-order valence-electron chi connectivity index (χ0n) is 19.7. The summed E-state index contributed by atoms with van der Waals surface area (Å²) < 4.78 is 0. The number of primary amides is 1. The zero-order chi connectivity index (χ0) is 22.8. The molecule has 5 N–H and O–H groups in total. The van der Waals surface area contributed by atoms with Crippen molar-refractivity contribution in [2.24, 2.45) is 23.5 Å². The van der Waals surface area contributed by atoms with Gasteiger partial charge in [0.15, 0.2) is 0 Å². The molecule has 0 fully saturated rings. The highest BCUT2D eigenvalue weighted by Gasteiger charge is 2.20. The van der Waals surface area contributed by atoms with Gasteiger partial charge in [0, 0.05) is 31.8 Å². The fourth-order valence-corrected chi connectivity index (χ4v) is 3.89. The van der Waals surface area contributed by atoms with E-state index in [1.807, 2.05) is 6.92 Å². The van der Waals surface area contributed by atoms with E-state index in [2.05, 4.69) is 29.8 Å². The van der Waals surface area contributed by atoms with Gasteiger partial charge in [-0.15, -0.1) is 0 Å². The fraction of sp³-hybridized carbons (Fsp3) is 0.870. The number of nitrogens with one attached hydrogen (secondary N) is 3. The van der Waals surface area contributed by atoms with Gasteiger partial charge in [0.1, 0.15) is 0 Å². The van der Waals surface area contributed by atoms with Gasteiger partial charge in [0.05, 0.1) is 0 Å². The lowest BCUT2D eigenvalue weighted by molar-refractivity contribution is -0.126. The van der Waals surface area contributed by atoms with Crippen LogP contribution in [0.5, 0.6) is 0 Å². The third-order valence-electron chi connectivity index (χ3n) is 5.71. The first-order chi connectivity index (χ1) is 14.3. The Labute approximate surface area is 183 Å². The van der Waals surface area contributed by atoms with Crippen molar-refractivity contribution in [2.75, 3.05) is 26.2 Å². The Morgan fingerprint density at radius 1 is 0.833 bits per heavy atom. The van der Waals surface area contributed by atoms with Crippen molar-refractivity contribution < 1.29 is 14.4 Å². The van der Waals surface area contributed by atoms with Gasteiger partial charge in [-0.05, 0) is 57.5 Å². The van der Waals surface area contributed by atoms with E-state index in [0.29, 0.717) is 19.0 Å². The average Bonchev–Trinajstić information content (AvgIpc) is 2.70. The van der Waals surface area contributed by atoms with Crippen LogP contribution in [0.4, 0.5) is 0 Å². The SMILES string of the molecule is CCCC(CCCC(CCCC(CC)C(N)=O)C(=O)NCCNC(C)=O)CNCC. The maximum absolute atomic E-state index is 12.7. The van der Waals surface area contributed by atoms with Crippen molar-refractivity contribution in [1.29, 1.82) is 0 Å². The normalized spacial score (nSPS) is 14.0. The van der Waals surface area contributed by atoms with E-state index in [4.69, 9.17) is 5.73 Å². The quantitative estimate of drug-likeness (QED) is 0.238. The Kier molecular flexibility index (Phi) is 17.2. The van der Waals surface area contributed by atoms with Crippen LogP contribution in [-0.4, -0.2) is 43.9 Å². The summed E-state index contributed by atoms with van der Waals surface area (Å²) in [6.45, 7) is 10.7. The van der Waals surface area contributed by atoms with Crippen LogP contribution in [0.3, 0.4) is 0 Å². The molecule has 176 valence electrons. The first-order valence-corrected chi connectivity index (χ1v) is 11.9. The molecule has 0 aromatic heterocycles. The molecule has 0 aliphatic carbocycles. The summed E-state index contributed by atoms with van der Waals surface area (Å²) in [7, 11) is 0. The van der Waals surface area contributed by atoms with Crippen LogP contribution in [0.2, 0.25) is 0 Å². The summed E-state index contributed by atoms with van der Waals surface area (Å²) >= 11 is 0. The first-order valence-electron chi connectivity index (χ1n) is 11.9. The van der Waals surface area contributed by atoms with Gasteiger partial charge in [-0.1, -0.05) is 40.0 Å². The van der Waals surface area contributed by atoms with Crippen LogP contribution in [0.15, 0.2) is 0 Å². The van der Waals surface area contributed by atoms with E-state index in [9.17, 15) is 14.4 Å².